The van der Waals surface area contributed by atoms with E-state index in [2.05, 4.69) is 14.7 Å². The van der Waals surface area contributed by atoms with E-state index in [0.717, 1.165) is 17.6 Å². The number of rotatable bonds is 4. The minimum atomic E-state index is -3.96. The molecule has 0 atom stereocenters. The summed E-state index contributed by atoms with van der Waals surface area (Å²) in [7, 11) is -3.96. The molecule has 0 bridgehead atoms. The average molecular weight is 314 g/mol. The van der Waals surface area contributed by atoms with Crippen molar-refractivity contribution in [2.45, 2.75) is 11.8 Å². The maximum atomic E-state index is 11.2. The summed E-state index contributed by atoms with van der Waals surface area (Å²) in [6.07, 6.45) is 0. The Morgan fingerprint density at radius 3 is 2.65 bits per heavy atom. The zero-order valence-corrected chi connectivity index (χ0v) is 11.8. The number of nitrogens with zero attached hydrogens (tertiary/aromatic N) is 2. The molecule has 0 fully saturated rings. The lowest BCUT2D eigenvalue weighted by atomic mass is 10.2. The number of carboxylic acids is 1. The summed E-state index contributed by atoms with van der Waals surface area (Å²) in [6.45, 7) is 1.70. The standard InChI is InChI=1S/C10H10N4O4S2/c1-5-12-10(19-14-5)13-8-3-2-6(20(11,17)18)4-7(8)9(15)16/h2-4H,1H3,(H,15,16)(H2,11,17,18)(H,12,13,14). The second kappa shape index (κ2) is 5.15. The van der Waals surface area contributed by atoms with Crippen molar-refractivity contribution in [2.75, 3.05) is 5.32 Å². The van der Waals surface area contributed by atoms with Gasteiger partial charge in [-0.1, -0.05) is 0 Å². The highest BCUT2D eigenvalue weighted by molar-refractivity contribution is 7.89. The summed E-state index contributed by atoms with van der Waals surface area (Å²) >= 11 is 1.07. The quantitative estimate of drug-likeness (QED) is 0.764. The number of nitrogens with two attached hydrogens (primary N) is 1. The molecule has 1 aromatic heterocycles. The van der Waals surface area contributed by atoms with Gasteiger partial charge in [-0.15, -0.1) is 0 Å². The van der Waals surface area contributed by atoms with Crippen molar-refractivity contribution in [3.63, 3.8) is 0 Å². The number of hydrogen-bond acceptors (Lipinski definition) is 7. The van der Waals surface area contributed by atoms with Crippen molar-refractivity contribution in [3.05, 3.63) is 29.6 Å². The predicted molar refractivity (Wildman–Crippen MR) is 72.7 cm³/mol. The number of carbonyl (C=O) groups is 1. The van der Waals surface area contributed by atoms with Crippen molar-refractivity contribution in [1.82, 2.24) is 9.36 Å². The highest BCUT2D eigenvalue weighted by Crippen LogP contribution is 2.24. The third kappa shape index (κ3) is 3.10. The molecule has 0 aliphatic heterocycles. The number of aromatic nitrogens is 2. The molecule has 0 spiro atoms. The number of nitrogens with one attached hydrogen (secondary N) is 1. The van der Waals surface area contributed by atoms with E-state index in [1.165, 1.54) is 12.1 Å². The van der Waals surface area contributed by atoms with Gasteiger partial charge in [-0.2, -0.15) is 4.37 Å². The smallest absolute Gasteiger partial charge is 0.337 e. The third-order valence-corrected chi connectivity index (χ3v) is 3.95. The highest BCUT2D eigenvalue weighted by Gasteiger charge is 2.16. The second-order valence-corrected chi connectivity index (χ2v) is 6.14. The van der Waals surface area contributed by atoms with Gasteiger partial charge >= 0.3 is 5.97 Å². The Hall–Kier alpha value is -2.04. The van der Waals surface area contributed by atoms with E-state index in [-0.39, 0.29) is 16.1 Å². The molecule has 2 rings (SSSR count). The first-order valence-electron chi connectivity index (χ1n) is 5.25. The Bertz CT molecular complexity index is 769. The summed E-state index contributed by atoms with van der Waals surface area (Å²) in [6, 6.07) is 3.53. The summed E-state index contributed by atoms with van der Waals surface area (Å²) in [4.78, 5) is 15.0. The van der Waals surface area contributed by atoms with Gasteiger partial charge in [-0.25, -0.2) is 23.3 Å². The molecule has 20 heavy (non-hydrogen) atoms. The minimum absolute atomic E-state index is 0.209. The Morgan fingerprint density at radius 1 is 1.45 bits per heavy atom. The lowest BCUT2D eigenvalue weighted by molar-refractivity contribution is 0.0697. The van der Waals surface area contributed by atoms with Gasteiger partial charge in [-0.3, -0.25) is 0 Å². The van der Waals surface area contributed by atoms with Crippen molar-refractivity contribution >= 4 is 38.3 Å². The molecule has 4 N–H and O–H groups in total. The summed E-state index contributed by atoms with van der Waals surface area (Å²) in [5, 5.41) is 17.3. The molecule has 2 aromatic rings. The Kier molecular flexibility index (Phi) is 3.70. The van der Waals surface area contributed by atoms with Gasteiger partial charge in [0.2, 0.25) is 15.2 Å². The van der Waals surface area contributed by atoms with Crippen LogP contribution in [0.2, 0.25) is 0 Å². The molecule has 0 saturated carbocycles. The normalized spacial score (nSPS) is 11.3. The van der Waals surface area contributed by atoms with E-state index < -0.39 is 16.0 Å². The number of hydrogen-bond donors (Lipinski definition) is 3. The van der Waals surface area contributed by atoms with Crippen molar-refractivity contribution in [1.29, 1.82) is 0 Å². The van der Waals surface area contributed by atoms with Crippen LogP contribution in [0.5, 0.6) is 0 Å². The predicted octanol–water partition coefficient (Wildman–Crippen LogP) is 0.936. The number of sulfonamides is 1. The lowest BCUT2D eigenvalue weighted by Crippen LogP contribution is -2.13. The monoisotopic (exact) mass is 314 g/mol. The lowest BCUT2D eigenvalue weighted by Gasteiger charge is -2.08. The number of primary sulfonamides is 1. The van der Waals surface area contributed by atoms with Crippen LogP contribution in [-0.4, -0.2) is 28.9 Å². The second-order valence-electron chi connectivity index (χ2n) is 3.83. The fraction of sp³-hybridized carbons (Fsp3) is 0.100. The Morgan fingerprint density at radius 2 is 2.15 bits per heavy atom. The molecule has 8 nitrogen and oxygen atoms in total. The molecular formula is C10H10N4O4S2. The van der Waals surface area contributed by atoms with Gasteiger partial charge in [0.15, 0.2) is 0 Å². The fourth-order valence-corrected chi connectivity index (χ4v) is 2.58. The van der Waals surface area contributed by atoms with E-state index in [1.54, 1.807) is 6.92 Å². The van der Waals surface area contributed by atoms with Crippen LogP contribution in [0, 0.1) is 6.92 Å². The molecule has 0 saturated heterocycles. The summed E-state index contributed by atoms with van der Waals surface area (Å²) < 4.78 is 26.4. The van der Waals surface area contributed by atoms with E-state index in [9.17, 15) is 13.2 Å². The molecule has 0 amide bonds. The van der Waals surface area contributed by atoms with Crippen LogP contribution in [0.25, 0.3) is 0 Å². The van der Waals surface area contributed by atoms with Crippen LogP contribution in [-0.2, 0) is 10.0 Å². The van der Waals surface area contributed by atoms with E-state index in [0.29, 0.717) is 11.0 Å². The molecule has 1 aromatic carbocycles. The van der Waals surface area contributed by atoms with Crippen molar-refractivity contribution < 1.29 is 18.3 Å². The van der Waals surface area contributed by atoms with Gasteiger partial charge in [0, 0.05) is 11.5 Å². The first-order chi connectivity index (χ1) is 9.27. The molecule has 106 valence electrons. The number of aryl methyl sites for hydroxylation is 1. The highest BCUT2D eigenvalue weighted by atomic mass is 32.2. The Balaban J connectivity index is 2.45. The van der Waals surface area contributed by atoms with Crippen LogP contribution >= 0.6 is 11.5 Å². The largest absolute Gasteiger partial charge is 0.478 e. The molecule has 0 aliphatic rings. The number of anilines is 2. The van der Waals surface area contributed by atoms with Gasteiger partial charge in [0.25, 0.3) is 0 Å². The van der Waals surface area contributed by atoms with Crippen LogP contribution in [0.4, 0.5) is 10.8 Å². The Labute approximate surface area is 118 Å². The van der Waals surface area contributed by atoms with Crippen molar-refractivity contribution in [3.8, 4) is 0 Å². The molecule has 1 heterocycles. The zero-order valence-electron chi connectivity index (χ0n) is 10.2. The topological polar surface area (TPSA) is 135 Å². The SMILES string of the molecule is Cc1nsc(Nc2ccc(S(N)(=O)=O)cc2C(=O)O)n1. The zero-order chi connectivity index (χ0) is 14.9. The molecule has 0 radical (unpaired) electrons. The minimum Gasteiger partial charge on any atom is -0.478 e. The van der Waals surface area contributed by atoms with E-state index in [4.69, 9.17) is 10.2 Å². The third-order valence-electron chi connectivity index (χ3n) is 2.32. The number of carboxylic acid groups (broad SMARTS) is 1. The molecule has 0 unspecified atom stereocenters. The van der Waals surface area contributed by atoms with Crippen LogP contribution in [0.3, 0.4) is 0 Å². The molecule has 0 aliphatic carbocycles. The van der Waals surface area contributed by atoms with E-state index >= 15 is 0 Å². The first-order valence-corrected chi connectivity index (χ1v) is 7.57. The number of aromatic carboxylic acids is 1. The van der Waals surface area contributed by atoms with Crippen molar-refractivity contribution in [2.24, 2.45) is 5.14 Å². The summed E-state index contributed by atoms with van der Waals surface area (Å²) in [5.41, 5.74) is -0.00886. The first kappa shape index (κ1) is 14.4. The molecule has 10 heteroatoms. The maximum absolute atomic E-state index is 11.2. The number of benzene rings is 1. The van der Waals surface area contributed by atoms with Gasteiger partial charge in [0.05, 0.1) is 16.1 Å². The summed E-state index contributed by atoms with van der Waals surface area (Å²) in [5.74, 6) is -0.727. The average Bonchev–Trinajstić information content (AvgIpc) is 2.73. The van der Waals surface area contributed by atoms with E-state index in [1.807, 2.05) is 0 Å². The van der Waals surface area contributed by atoms with Crippen LogP contribution in [0.1, 0.15) is 16.2 Å². The van der Waals surface area contributed by atoms with Crippen LogP contribution < -0.4 is 10.5 Å². The van der Waals surface area contributed by atoms with Gasteiger partial charge in [-0.05, 0) is 25.1 Å². The van der Waals surface area contributed by atoms with Gasteiger partial charge in [0.1, 0.15) is 5.82 Å². The molecular weight excluding hydrogens is 304 g/mol. The maximum Gasteiger partial charge on any atom is 0.337 e. The van der Waals surface area contributed by atoms with Crippen LogP contribution in [0.15, 0.2) is 23.1 Å². The van der Waals surface area contributed by atoms with Gasteiger partial charge < -0.3 is 10.4 Å². The fourth-order valence-electron chi connectivity index (χ4n) is 1.45.